The van der Waals surface area contributed by atoms with Crippen molar-refractivity contribution in [2.45, 2.75) is 41.9 Å². The number of alkyl halides is 3. The van der Waals surface area contributed by atoms with Crippen LogP contribution in [0.4, 0.5) is 18.9 Å². The van der Waals surface area contributed by atoms with E-state index in [0.717, 1.165) is 13.5 Å². The second-order valence-corrected chi connectivity index (χ2v) is 12.3. The van der Waals surface area contributed by atoms with Gasteiger partial charge >= 0.3 is 6.18 Å². The Morgan fingerprint density at radius 3 is 2.46 bits per heavy atom. The van der Waals surface area contributed by atoms with E-state index >= 15 is 0 Å². The van der Waals surface area contributed by atoms with Gasteiger partial charge in [-0.2, -0.15) is 17.5 Å². The highest BCUT2D eigenvalue weighted by Gasteiger charge is 2.51. The first-order chi connectivity index (χ1) is 16.4. The van der Waals surface area contributed by atoms with Gasteiger partial charge in [0, 0.05) is 44.5 Å². The number of hydrogen-bond donors (Lipinski definition) is 1. The van der Waals surface area contributed by atoms with Crippen LogP contribution >= 0.6 is 11.3 Å². The summed E-state index contributed by atoms with van der Waals surface area (Å²) in [6, 6.07) is 8.95. The van der Waals surface area contributed by atoms with Crippen molar-refractivity contribution in [3.63, 3.8) is 0 Å². The van der Waals surface area contributed by atoms with Gasteiger partial charge in [0.1, 0.15) is 4.21 Å². The fraction of sp³-hybridized carbons (Fsp3) is 0.565. The smallest absolute Gasteiger partial charge is 0.379 e. The molecule has 0 aliphatic carbocycles. The van der Waals surface area contributed by atoms with Crippen molar-refractivity contribution >= 4 is 27.0 Å². The summed E-state index contributed by atoms with van der Waals surface area (Å²) in [7, 11) is -3.63. The number of hydrogen-bond acceptors (Lipinski definition) is 7. The predicted molar refractivity (Wildman–Crippen MR) is 128 cm³/mol. The zero-order valence-corrected chi connectivity index (χ0v) is 21.2. The molecule has 35 heavy (non-hydrogen) atoms. The number of benzene rings is 1. The SMILES string of the molecule is CC1COCCN1C[C@H]1CN(S(=O)(=O)c2cccs2)CCN1c1ccc([C@](C)(O)C(F)(F)F)cc1. The summed E-state index contributed by atoms with van der Waals surface area (Å²) in [6.07, 6.45) is -4.80. The Labute approximate surface area is 207 Å². The van der Waals surface area contributed by atoms with Gasteiger partial charge in [-0.1, -0.05) is 18.2 Å². The maximum absolute atomic E-state index is 13.3. The summed E-state index contributed by atoms with van der Waals surface area (Å²) in [5, 5.41) is 11.7. The van der Waals surface area contributed by atoms with E-state index < -0.39 is 21.8 Å². The second-order valence-electron chi connectivity index (χ2n) is 9.18. The van der Waals surface area contributed by atoms with Gasteiger partial charge in [0.05, 0.1) is 19.3 Å². The molecule has 0 saturated carbocycles. The third-order valence-corrected chi connectivity index (χ3v) is 10.0. The first kappa shape index (κ1) is 26.4. The summed E-state index contributed by atoms with van der Waals surface area (Å²) < 4.78 is 73.5. The van der Waals surface area contributed by atoms with E-state index in [4.69, 9.17) is 4.74 Å². The minimum Gasteiger partial charge on any atom is -0.379 e. The van der Waals surface area contributed by atoms with Crippen molar-refractivity contribution in [1.29, 1.82) is 0 Å². The van der Waals surface area contributed by atoms with E-state index in [0.29, 0.717) is 36.2 Å². The Hall–Kier alpha value is -1.70. The third-order valence-electron chi connectivity index (χ3n) is 6.80. The number of rotatable bonds is 6. The van der Waals surface area contributed by atoms with E-state index in [1.165, 1.54) is 27.8 Å². The Balaban J connectivity index is 1.60. The van der Waals surface area contributed by atoms with E-state index in [1.807, 2.05) is 0 Å². The number of aliphatic hydroxyl groups is 1. The zero-order chi connectivity index (χ0) is 25.4. The van der Waals surface area contributed by atoms with Crippen LogP contribution in [0.25, 0.3) is 0 Å². The summed E-state index contributed by atoms with van der Waals surface area (Å²) in [5.74, 6) is 0. The van der Waals surface area contributed by atoms with Crippen molar-refractivity contribution in [2.75, 3.05) is 50.8 Å². The quantitative estimate of drug-likeness (QED) is 0.615. The molecule has 0 bridgehead atoms. The monoisotopic (exact) mass is 533 g/mol. The molecule has 2 saturated heterocycles. The minimum atomic E-state index is -4.80. The van der Waals surface area contributed by atoms with E-state index in [9.17, 15) is 26.7 Å². The zero-order valence-electron chi connectivity index (χ0n) is 19.6. The van der Waals surface area contributed by atoms with Crippen molar-refractivity contribution < 1.29 is 31.4 Å². The first-order valence-corrected chi connectivity index (χ1v) is 13.7. The Morgan fingerprint density at radius 2 is 1.86 bits per heavy atom. The molecule has 2 fully saturated rings. The highest BCUT2D eigenvalue weighted by atomic mass is 32.2. The third kappa shape index (κ3) is 5.37. The van der Waals surface area contributed by atoms with Crippen molar-refractivity contribution in [1.82, 2.24) is 9.21 Å². The second kappa shape index (κ2) is 9.98. The molecule has 0 spiro atoms. The number of thiophene rings is 1. The molecule has 3 atom stereocenters. The van der Waals surface area contributed by atoms with E-state index in [-0.39, 0.29) is 30.7 Å². The van der Waals surface area contributed by atoms with Gasteiger partial charge in [-0.05, 0) is 43.0 Å². The van der Waals surface area contributed by atoms with Gasteiger partial charge < -0.3 is 14.7 Å². The van der Waals surface area contributed by atoms with E-state index in [2.05, 4.69) is 16.7 Å². The number of nitrogens with zero attached hydrogens (tertiary/aromatic N) is 3. The molecular weight excluding hydrogens is 503 g/mol. The van der Waals surface area contributed by atoms with Crippen molar-refractivity contribution in [3.05, 3.63) is 47.3 Å². The number of anilines is 1. The number of halogens is 3. The average Bonchev–Trinajstić information content (AvgIpc) is 3.36. The first-order valence-electron chi connectivity index (χ1n) is 11.4. The van der Waals surface area contributed by atoms with Crippen molar-refractivity contribution in [2.24, 2.45) is 0 Å². The van der Waals surface area contributed by atoms with Crippen LogP contribution < -0.4 is 4.90 Å². The van der Waals surface area contributed by atoms with Gasteiger partial charge in [-0.25, -0.2) is 8.42 Å². The summed E-state index contributed by atoms with van der Waals surface area (Å²) >= 11 is 1.18. The predicted octanol–water partition coefficient (Wildman–Crippen LogP) is 3.12. The molecule has 0 radical (unpaired) electrons. The molecule has 2 aromatic rings. The highest BCUT2D eigenvalue weighted by Crippen LogP contribution is 2.39. The Morgan fingerprint density at radius 1 is 1.14 bits per heavy atom. The lowest BCUT2D eigenvalue weighted by atomic mass is 9.95. The molecule has 1 aromatic carbocycles. The van der Waals surface area contributed by atoms with Crippen LogP contribution in [0.2, 0.25) is 0 Å². The fourth-order valence-corrected chi connectivity index (χ4v) is 7.14. The van der Waals surface area contributed by atoms with Gasteiger partial charge in [0.15, 0.2) is 5.60 Å². The van der Waals surface area contributed by atoms with Crippen LogP contribution in [0, 0.1) is 0 Å². The minimum absolute atomic E-state index is 0.166. The molecule has 12 heteroatoms. The Kier molecular flexibility index (Phi) is 7.52. The molecule has 194 valence electrons. The van der Waals surface area contributed by atoms with Crippen LogP contribution in [0.1, 0.15) is 19.4 Å². The van der Waals surface area contributed by atoms with Crippen LogP contribution in [0.15, 0.2) is 46.0 Å². The number of piperazine rings is 1. The average molecular weight is 534 g/mol. The standard InChI is InChI=1S/C23H30F3N3O4S2/c1-17-16-33-12-11-27(17)14-20-15-28(35(31,32)21-4-3-13-34-21)9-10-29(20)19-7-5-18(6-8-19)22(2,30)23(24,25)26/h3-8,13,17,20,30H,9-12,14-16H2,1-2H3/t17?,20-,22-/m0/s1. The fourth-order valence-electron chi connectivity index (χ4n) is 4.52. The lowest BCUT2D eigenvalue weighted by Crippen LogP contribution is -2.60. The molecule has 1 N–H and O–H groups in total. The highest BCUT2D eigenvalue weighted by molar-refractivity contribution is 7.91. The number of ether oxygens (including phenoxy) is 1. The van der Waals surface area contributed by atoms with Gasteiger partial charge in [0.2, 0.25) is 0 Å². The molecule has 2 aliphatic heterocycles. The summed E-state index contributed by atoms with van der Waals surface area (Å²) in [6.45, 7) is 6.19. The number of morpholine rings is 1. The van der Waals surface area contributed by atoms with Crippen LogP contribution in [-0.2, 0) is 20.4 Å². The van der Waals surface area contributed by atoms with Gasteiger partial charge in [-0.15, -0.1) is 11.3 Å². The summed E-state index contributed by atoms with van der Waals surface area (Å²) in [5.41, 5.74) is -2.52. The lowest BCUT2D eigenvalue weighted by Gasteiger charge is -2.45. The van der Waals surface area contributed by atoms with Gasteiger partial charge in [-0.3, -0.25) is 4.90 Å². The summed E-state index contributed by atoms with van der Waals surface area (Å²) in [4.78, 5) is 4.31. The molecule has 3 heterocycles. The Bertz CT molecular complexity index is 1090. The van der Waals surface area contributed by atoms with E-state index in [1.54, 1.807) is 29.6 Å². The topological polar surface area (TPSA) is 73.3 Å². The molecular formula is C23H30F3N3O4S2. The lowest BCUT2D eigenvalue weighted by molar-refractivity contribution is -0.258. The molecule has 1 unspecified atom stereocenters. The molecule has 4 rings (SSSR count). The molecule has 1 aromatic heterocycles. The molecule has 7 nitrogen and oxygen atoms in total. The van der Waals surface area contributed by atoms with Gasteiger partial charge in [0.25, 0.3) is 10.0 Å². The van der Waals surface area contributed by atoms with Crippen LogP contribution in [-0.4, -0.2) is 86.9 Å². The molecule has 0 amide bonds. The maximum Gasteiger partial charge on any atom is 0.421 e. The van der Waals surface area contributed by atoms with Crippen LogP contribution in [0.5, 0.6) is 0 Å². The maximum atomic E-state index is 13.3. The van der Waals surface area contributed by atoms with Crippen LogP contribution in [0.3, 0.4) is 0 Å². The largest absolute Gasteiger partial charge is 0.421 e. The van der Waals surface area contributed by atoms with Crippen molar-refractivity contribution in [3.8, 4) is 0 Å². The number of sulfonamides is 1. The molecule has 2 aliphatic rings. The normalized spacial score (nSPS) is 24.9.